The van der Waals surface area contributed by atoms with Crippen molar-refractivity contribution in [1.29, 1.82) is 0 Å². The van der Waals surface area contributed by atoms with Crippen molar-refractivity contribution in [2.75, 3.05) is 25.5 Å². The zero-order chi connectivity index (χ0) is 32.3. The first-order chi connectivity index (χ1) is 21.7. The maximum absolute atomic E-state index is 14.2. The number of azide groups is 1. The molecule has 0 saturated heterocycles. The molecule has 0 saturated carbocycles. The van der Waals surface area contributed by atoms with Crippen LogP contribution >= 0.6 is 0 Å². The number of nitrogens with one attached hydrogen (secondary N) is 2. The van der Waals surface area contributed by atoms with Crippen LogP contribution < -0.4 is 15.6 Å². The quantitative estimate of drug-likeness (QED) is 0.0675. The molecule has 0 aliphatic carbocycles. The second-order valence-corrected chi connectivity index (χ2v) is 13.1. The molecule has 3 aromatic carbocycles. The Kier molecular flexibility index (Phi) is 11.6. The highest BCUT2D eigenvalue weighted by Gasteiger charge is 2.54. The van der Waals surface area contributed by atoms with Crippen molar-refractivity contribution in [2.45, 2.75) is 49.8 Å². The molecule has 0 unspecified atom stereocenters. The summed E-state index contributed by atoms with van der Waals surface area (Å²) < 4.78 is 39.1. The van der Waals surface area contributed by atoms with Gasteiger partial charge in [-0.15, -0.1) is 0 Å². The molecule has 3 N–H and O–H groups in total. The van der Waals surface area contributed by atoms with E-state index in [2.05, 4.69) is 20.9 Å². The highest BCUT2D eigenvalue weighted by atomic mass is 32.2. The summed E-state index contributed by atoms with van der Waals surface area (Å²) in [6.07, 6.45) is -0.765. The molecule has 1 amide bonds. The summed E-state index contributed by atoms with van der Waals surface area (Å²) >= 11 is 0. The molecule has 0 spiro atoms. The predicted octanol–water partition coefficient (Wildman–Crippen LogP) is 4.66. The molecular formula is C32H38N6O6S. The number of benzene rings is 3. The first kappa shape index (κ1) is 33.5. The van der Waals surface area contributed by atoms with Crippen LogP contribution in [0.5, 0.6) is 5.75 Å². The van der Waals surface area contributed by atoms with Crippen molar-refractivity contribution < 1.29 is 27.8 Å². The smallest absolute Gasteiger partial charge is 0.266 e. The van der Waals surface area contributed by atoms with Crippen LogP contribution in [0.2, 0.25) is 0 Å². The molecule has 4 rings (SSSR count). The van der Waals surface area contributed by atoms with E-state index in [9.17, 15) is 13.2 Å². The van der Waals surface area contributed by atoms with Gasteiger partial charge in [0.1, 0.15) is 5.75 Å². The van der Waals surface area contributed by atoms with Crippen molar-refractivity contribution in [3.05, 3.63) is 106 Å². The van der Waals surface area contributed by atoms with Gasteiger partial charge in [0.2, 0.25) is 5.90 Å². The molecule has 12 nitrogen and oxygen atoms in total. The van der Waals surface area contributed by atoms with Gasteiger partial charge in [-0.05, 0) is 59.0 Å². The summed E-state index contributed by atoms with van der Waals surface area (Å²) in [7, 11) is -3.81. The number of carbonyl (C=O) groups is 1. The normalized spacial score (nSPS) is 17.7. The van der Waals surface area contributed by atoms with Gasteiger partial charge in [-0.1, -0.05) is 61.4 Å². The van der Waals surface area contributed by atoms with Gasteiger partial charge in [0, 0.05) is 36.5 Å². The fraction of sp³-hybridized carbons (Fsp3) is 0.375. The number of aliphatic hydroxyl groups is 1. The largest absolute Gasteiger partial charge is 0.494 e. The number of aliphatic hydroxyl groups excluding tert-OH is 1. The highest BCUT2D eigenvalue weighted by Crippen LogP contribution is 2.44. The molecule has 13 heteroatoms. The third-order valence-electron chi connectivity index (χ3n) is 7.24. The number of rotatable bonds is 16. The molecule has 0 fully saturated rings. The van der Waals surface area contributed by atoms with E-state index in [0.717, 1.165) is 0 Å². The number of amides is 1. The Morgan fingerprint density at radius 3 is 2.51 bits per heavy atom. The SMILES string of the molecule is CC(C)CNNC(=O)[C@@]1(CCS(=O)(=O)c2ccccc2)N=C(c2ccc(OCCCO)cc2)O[C@H]1c1ccccc1CN=[N+]=[N-]. The summed E-state index contributed by atoms with van der Waals surface area (Å²) in [5.41, 5.74) is 14.7. The molecule has 238 valence electrons. The van der Waals surface area contributed by atoms with Crippen molar-refractivity contribution >= 4 is 21.6 Å². The standard InChI is InChI=1S/C32H38N6O6S/c1-23(2)21-34-37-31(40)32(17-20-45(41,42)27-10-4-3-5-11-27)29(28-12-7-6-9-25(28)22-35-38-33)44-30(36-32)24-13-15-26(16-14-24)43-19-8-18-39/h3-7,9-16,23,29,34,39H,8,17-22H2,1-2H3,(H,37,40)/t29-,32-/m0/s1. The molecule has 0 aromatic heterocycles. The topological polar surface area (TPSA) is 175 Å². The first-order valence-electron chi connectivity index (χ1n) is 14.7. The van der Waals surface area contributed by atoms with Crippen LogP contribution in [0, 0.1) is 5.92 Å². The molecule has 45 heavy (non-hydrogen) atoms. The number of sulfone groups is 1. The van der Waals surface area contributed by atoms with Gasteiger partial charge >= 0.3 is 0 Å². The molecule has 0 bridgehead atoms. The summed E-state index contributed by atoms with van der Waals surface area (Å²) in [4.78, 5) is 22.1. The van der Waals surface area contributed by atoms with Crippen LogP contribution in [-0.2, 0) is 25.9 Å². The van der Waals surface area contributed by atoms with E-state index in [1.165, 1.54) is 12.1 Å². The number of ether oxygens (including phenoxy) is 2. The third kappa shape index (κ3) is 8.40. The zero-order valence-electron chi connectivity index (χ0n) is 25.3. The van der Waals surface area contributed by atoms with E-state index in [1.807, 2.05) is 13.8 Å². The van der Waals surface area contributed by atoms with Gasteiger partial charge in [-0.3, -0.25) is 10.2 Å². The lowest BCUT2D eigenvalue weighted by Gasteiger charge is -2.31. The fourth-order valence-electron chi connectivity index (χ4n) is 4.87. The monoisotopic (exact) mass is 634 g/mol. The summed E-state index contributed by atoms with van der Waals surface area (Å²) in [6, 6.07) is 22.1. The van der Waals surface area contributed by atoms with Gasteiger partial charge < -0.3 is 14.6 Å². The Hall–Kier alpha value is -4.42. The molecule has 2 atom stereocenters. The second-order valence-electron chi connectivity index (χ2n) is 11.0. The van der Waals surface area contributed by atoms with Crippen molar-refractivity contribution in [3.8, 4) is 5.75 Å². The summed E-state index contributed by atoms with van der Waals surface area (Å²) in [5, 5.41) is 12.8. The van der Waals surface area contributed by atoms with Crippen LogP contribution in [0.1, 0.15) is 49.5 Å². The Bertz CT molecular complexity index is 1630. The zero-order valence-corrected chi connectivity index (χ0v) is 26.1. The number of hydrogen-bond donors (Lipinski definition) is 3. The van der Waals surface area contributed by atoms with E-state index >= 15 is 0 Å². The van der Waals surface area contributed by atoms with E-state index in [4.69, 9.17) is 25.1 Å². The number of hydrazine groups is 1. The maximum atomic E-state index is 14.2. The van der Waals surface area contributed by atoms with Crippen LogP contribution in [0.4, 0.5) is 0 Å². The van der Waals surface area contributed by atoms with Crippen molar-refractivity contribution in [2.24, 2.45) is 16.0 Å². The van der Waals surface area contributed by atoms with E-state index in [-0.39, 0.29) is 42.0 Å². The molecular weight excluding hydrogens is 596 g/mol. The fourth-order valence-corrected chi connectivity index (χ4v) is 6.26. The Morgan fingerprint density at radius 1 is 1.11 bits per heavy atom. The van der Waals surface area contributed by atoms with Gasteiger partial charge in [-0.25, -0.2) is 18.8 Å². The third-order valence-corrected chi connectivity index (χ3v) is 8.97. The molecule has 1 aliphatic heterocycles. The van der Waals surface area contributed by atoms with Crippen LogP contribution in [0.25, 0.3) is 10.4 Å². The average molecular weight is 635 g/mol. The van der Waals surface area contributed by atoms with Crippen LogP contribution in [0.15, 0.2) is 93.9 Å². The van der Waals surface area contributed by atoms with E-state index in [1.54, 1.807) is 66.7 Å². The number of aliphatic imine (C=N–C) groups is 1. The Labute approximate surface area is 263 Å². The number of nitrogens with zero attached hydrogens (tertiary/aromatic N) is 4. The lowest BCUT2D eigenvalue weighted by molar-refractivity contribution is -0.130. The Morgan fingerprint density at radius 2 is 1.82 bits per heavy atom. The van der Waals surface area contributed by atoms with Gasteiger partial charge in [0.25, 0.3) is 5.91 Å². The highest BCUT2D eigenvalue weighted by molar-refractivity contribution is 7.91. The molecule has 3 aromatic rings. The van der Waals surface area contributed by atoms with Gasteiger partial charge in [-0.2, -0.15) is 0 Å². The molecule has 0 radical (unpaired) electrons. The Balaban J connectivity index is 1.81. The summed E-state index contributed by atoms with van der Waals surface area (Å²) in [5.74, 6) is 0.00190. The predicted molar refractivity (Wildman–Crippen MR) is 170 cm³/mol. The minimum absolute atomic E-state index is 0.00659. The first-order valence-corrected chi connectivity index (χ1v) is 16.4. The molecule has 1 heterocycles. The van der Waals surface area contributed by atoms with Crippen molar-refractivity contribution in [3.63, 3.8) is 0 Å². The molecule has 1 aliphatic rings. The minimum atomic E-state index is -3.81. The number of hydrogen-bond acceptors (Lipinski definition) is 9. The lowest BCUT2D eigenvalue weighted by Crippen LogP contribution is -2.54. The maximum Gasteiger partial charge on any atom is 0.266 e. The minimum Gasteiger partial charge on any atom is -0.494 e. The average Bonchev–Trinajstić information content (AvgIpc) is 3.44. The van der Waals surface area contributed by atoms with Crippen LogP contribution in [0.3, 0.4) is 0 Å². The van der Waals surface area contributed by atoms with Crippen molar-refractivity contribution in [1.82, 2.24) is 10.9 Å². The second kappa shape index (κ2) is 15.5. The summed E-state index contributed by atoms with van der Waals surface area (Å²) in [6.45, 7) is 4.80. The lowest BCUT2D eigenvalue weighted by atomic mass is 9.83. The van der Waals surface area contributed by atoms with Crippen LogP contribution in [-0.4, -0.2) is 56.4 Å². The van der Waals surface area contributed by atoms with Gasteiger partial charge in [0.15, 0.2) is 21.5 Å². The van der Waals surface area contributed by atoms with Gasteiger partial charge in [0.05, 0.1) is 23.8 Å². The van der Waals surface area contributed by atoms with E-state index in [0.29, 0.717) is 42.0 Å². The van der Waals surface area contributed by atoms with E-state index < -0.39 is 27.4 Å². The number of carbonyl (C=O) groups excluding carboxylic acids is 1.